The molecule has 0 aromatic heterocycles. The number of hydrogen-bond acceptors (Lipinski definition) is 4. The van der Waals surface area contributed by atoms with Crippen molar-refractivity contribution in [3.05, 3.63) is 35.1 Å². The van der Waals surface area contributed by atoms with Crippen molar-refractivity contribution in [2.24, 2.45) is 0 Å². The Bertz CT molecular complexity index is 844. The topological polar surface area (TPSA) is 108 Å². The molecule has 0 aliphatic carbocycles. The molecule has 1 aromatic rings. The van der Waals surface area contributed by atoms with Gasteiger partial charge in [-0.3, -0.25) is 9.59 Å². The molecule has 2 rings (SSSR count). The average molecular weight is 445 g/mol. The van der Waals surface area contributed by atoms with Crippen LogP contribution in [-0.4, -0.2) is 65.3 Å². The lowest BCUT2D eigenvalue weighted by atomic mass is 10.0. The van der Waals surface area contributed by atoms with E-state index < -0.39 is 59.5 Å². The molecule has 3 amide bonds. The van der Waals surface area contributed by atoms with E-state index in [0.717, 1.165) is 0 Å². The maximum Gasteiger partial charge on any atom is 0.404 e. The van der Waals surface area contributed by atoms with Crippen molar-refractivity contribution in [2.75, 3.05) is 19.7 Å². The minimum absolute atomic E-state index is 0.0596. The smallest absolute Gasteiger partial charge is 0.404 e. The number of halogens is 3. The highest BCUT2D eigenvalue weighted by atomic mass is 19.2. The molecule has 1 fully saturated rings. The molecule has 1 aliphatic rings. The minimum atomic E-state index is -1.47. The summed E-state index contributed by atoms with van der Waals surface area (Å²) in [4.78, 5) is 37.6. The highest BCUT2D eigenvalue weighted by Gasteiger charge is 2.35. The van der Waals surface area contributed by atoms with Gasteiger partial charge in [0.25, 0.3) is 0 Å². The van der Waals surface area contributed by atoms with E-state index in [-0.39, 0.29) is 31.7 Å². The summed E-state index contributed by atoms with van der Waals surface area (Å²) in [6, 6.07) is -1.05. The molecule has 0 saturated carbocycles. The molecule has 11 heteroatoms. The summed E-state index contributed by atoms with van der Waals surface area (Å²) in [5.74, 6) is -4.68. The number of nitrogens with one attached hydrogen (secondary N) is 2. The molecule has 0 radical (unpaired) electrons. The van der Waals surface area contributed by atoms with E-state index in [1.165, 1.54) is 4.90 Å². The standard InChI is InChI=1S/C20H26F3N3O5/c1-20(2,3)31-10-16-18(28)24-4-5-26(16)17(27)8-12(25-19(29)30)6-11-7-14(22)15(23)9-13(11)21/h7,9,12,16,25H,4-6,8,10H2,1-3H3,(H,24,28)(H,29,30)/t12-,16-/m1/s1. The van der Waals surface area contributed by atoms with E-state index in [1.54, 1.807) is 20.8 Å². The lowest BCUT2D eigenvalue weighted by Gasteiger charge is -2.37. The Kier molecular flexibility index (Phi) is 7.88. The molecule has 1 heterocycles. The third-order valence-electron chi connectivity index (χ3n) is 4.63. The highest BCUT2D eigenvalue weighted by molar-refractivity contribution is 5.89. The molecule has 1 saturated heterocycles. The van der Waals surface area contributed by atoms with Gasteiger partial charge in [-0.2, -0.15) is 0 Å². The van der Waals surface area contributed by atoms with Crippen molar-refractivity contribution in [2.45, 2.75) is 51.3 Å². The highest BCUT2D eigenvalue weighted by Crippen LogP contribution is 2.18. The van der Waals surface area contributed by atoms with Gasteiger partial charge in [-0.15, -0.1) is 0 Å². The third kappa shape index (κ3) is 7.12. The molecule has 1 aromatic carbocycles. The van der Waals surface area contributed by atoms with Crippen LogP contribution in [0.15, 0.2) is 12.1 Å². The second kappa shape index (κ2) is 9.99. The zero-order valence-corrected chi connectivity index (χ0v) is 17.5. The van der Waals surface area contributed by atoms with E-state index >= 15 is 0 Å². The number of ether oxygens (including phenoxy) is 1. The Hall–Kier alpha value is -2.82. The fourth-order valence-corrected chi connectivity index (χ4v) is 3.17. The normalized spacial score (nSPS) is 17.8. The van der Waals surface area contributed by atoms with E-state index in [0.29, 0.717) is 12.1 Å². The molecule has 1 aliphatic heterocycles. The van der Waals surface area contributed by atoms with Crippen LogP contribution in [0.3, 0.4) is 0 Å². The van der Waals surface area contributed by atoms with E-state index in [1.807, 2.05) is 0 Å². The first-order valence-electron chi connectivity index (χ1n) is 9.71. The van der Waals surface area contributed by atoms with Crippen LogP contribution in [0.25, 0.3) is 0 Å². The first-order chi connectivity index (χ1) is 14.4. The average Bonchev–Trinajstić information content (AvgIpc) is 2.63. The van der Waals surface area contributed by atoms with Crippen LogP contribution in [-0.2, 0) is 20.7 Å². The van der Waals surface area contributed by atoms with Gasteiger partial charge in [0.15, 0.2) is 11.6 Å². The quantitative estimate of drug-likeness (QED) is 0.555. The molecule has 0 unspecified atom stereocenters. The number of carbonyl (C=O) groups is 3. The monoisotopic (exact) mass is 445 g/mol. The number of amides is 3. The summed E-state index contributed by atoms with van der Waals surface area (Å²) in [6.45, 7) is 5.72. The van der Waals surface area contributed by atoms with Gasteiger partial charge in [0, 0.05) is 31.6 Å². The third-order valence-corrected chi connectivity index (χ3v) is 4.63. The van der Waals surface area contributed by atoms with E-state index in [2.05, 4.69) is 10.6 Å². The van der Waals surface area contributed by atoms with Gasteiger partial charge in [-0.25, -0.2) is 18.0 Å². The Labute approximate surface area is 177 Å². The number of carbonyl (C=O) groups excluding carboxylic acids is 2. The molecule has 0 bridgehead atoms. The summed E-state index contributed by atoms with van der Waals surface area (Å²) in [7, 11) is 0. The van der Waals surface area contributed by atoms with E-state index in [9.17, 15) is 27.6 Å². The number of benzene rings is 1. The predicted molar refractivity (Wildman–Crippen MR) is 104 cm³/mol. The Morgan fingerprint density at radius 2 is 1.90 bits per heavy atom. The Balaban J connectivity index is 2.17. The van der Waals surface area contributed by atoms with Gasteiger partial charge >= 0.3 is 6.09 Å². The van der Waals surface area contributed by atoms with Crippen LogP contribution >= 0.6 is 0 Å². The SMILES string of the molecule is CC(C)(C)OC[C@@H]1C(=O)NCCN1C(=O)C[C@@H](Cc1cc(F)c(F)cc1F)NC(=O)O. The fraction of sp³-hybridized carbons (Fsp3) is 0.550. The summed E-state index contributed by atoms with van der Waals surface area (Å²) in [5.41, 5.74) is -0.834. The van der Waals surface area contributed by atoms with Gasteiger partial charge < -0.3 is 25.4 Å². The molecular weight excluding hydrogens is 419 g/mol. The van der Waals surface area contributed by atoms with Crippen molar-refractivity contribution >= 4 is 17.9 Å². The summed E-state index contributed by atoms with van der Waals surface area (Å²) >= 11 is 0. The second-order valence-corrected chi connectivity index (χ2v) is 8.23. The second-order valence-electron chi connectivity index (χ2n) is 8.23. The van der Waals surface area contributed by atoms with Crippen LogP contribution in [0.5, 0.6) is 0 Å². The van der Waals surface area contributed by atoms with Crippen molar-refractivity contribution in [3.8, 4) is 0 Å². The van der Waals surface area contributed by atoms with Crippen LogP contribution in [0.1, 0.15) is 32.8 Å². The molecule has 8 nitrogen and oxygen atoms in total. The number of nitrogens with zero attached hydrogens (tertiary/aromatic N) is 1. The van der Waals surface area contributed by atoms with Crippen molar-refractivity contribution in [3.63, 3.8) is 0 Å². The Morgan fingerprint density at radius 1 is 1.26 bits per heavy atom. The van der Waals surface area contributed by atoms with Crippen LogP contribution < -0.4 is 10.6 Å². The summed E-state index contributed by atoms with van der Waals surface area (Å²) < 4.78 is 46.3. The first-order valence-corrected chi connectivity index (χ1v) is 9.71. The lowest BCUT2D eigenvalue weighted by molar-refractivity contribution is -0.148. The number of piperazine rings is 1. The summed E-state index contributed by atoms with van der Waals surface area (Å²) in [5, 5.41) is 13.8. The zero-order chi connectivity index (χ0) is 23.3. The molecule has 31 heavy (non-hydrogen) atoms. The molecule has 0 spiro atoms. The molecule has 2 atom stereocenters. The first kappa shape index (κ1) is 24.4. The number of hydrogen-bond donors (Lipinski definition) is 3. The van der Waals surface area contributed by atoms with E-state index in [4.69, 9.17) is 9.84 Å². The summed E-state index contributed by atoms with van der Waals surface area (Å²) in [6.07, 6.45) is -2.27. The lowest BCUT2D eigenvalue weighted by Crippen LogP contribution is -2.60. The maximum atomic E-state index is 14.0. The van der Waals surface area contributed by atoms with Crippen LogP contribution in [0.2, 0.25) is 0 Å². The maximum absolute atomic E-state index is 14.0. The minimum Gasteiger partial charge on any atom is -0.465 e. The van der Waals surface area contributed by atoms with Crippen LogP contribution in [0, 0.1) is 17.5 Å². The fourth-order valence-electron chi connectivity index (χ4n) is 3.17. The van der Waals surface area contributed by atoms with Gasteiger partial charge in [-0.1, -0.05) is 0 Å². The molecule has 172 valence electrons. The van der Waals surface area contributed by atoms with Gasteiger partial charge in [0.1, 0.15) is 11.9 Å². The van der Waals surface area contributed by atoms with Crippen LogP contribution in [0.4, 0.5) is 18.0 Å². The molecule has 3 N–H and O–H groups in total. The van der Waals surface area contributed by atoms with Crippen molar-refractivity contribution < 1.29 is 37.4 Å². The number of carboxylic acid groups (broad SMARTS) is 1. The van der Waals surface area contributed by atoms with Gasteiger partial charge in [0.05, 0.1) is 12.2 Å². The van der Waals surface area contributed by atoms with Gasteiger partial charge in [-0.05, 0) is 38.8 Å². The zero-order valence-electron chi connectivity index (χ0n) is 17.5. The number of rotatable bonds is 7. The molecular formula is C20H26F3N3O5. The van der Waals surface area contributed by atoms with Crippen molar-refractivity contribution in [1.29, 1.82) is 0 Å². The Morgan fingerprint density at radius 3 is 2.52 bits per heavy atom. The predicted octanol–water partition coefficient (Wildman–Crippen LogP) is 1.81. The van der Waals surface area contributed by atoms with Crippen molar-refractivity contribution in [1.82, 2.24) is 15.5 Å². The van der Waals surface area contributed by atoms with Gasteiger partial charge in [0.2, 0.25) is 11.8 Å². The largest absolute Gasteiger partial charge is 0.465 e.